The normalized spacial score (nSPS) is 15.5. The van der Waals surface area contributed by atoms with Crippen molar-refractivity contribution < 1.29 is 27.4 Å². The SMILES string of the molecule is O=C(O)C[C@H](O)C[C@H](O)/C=C/c1c(C2CC2)nc2ccccc2c1-c1ccc(F)cc1.[Ca+2].[H-].[H-]. The second-order valence-corrected chi connectivity index (χ2v) is 8.00. The number of hydrogen-bond donors (Lipinski definition) is 3. The minimum atomic E-state index is -1.13. The van der Waals surface area contributed by atoms with E-state index in [1.165, 1.54) is 12.1 Å². The second kappa shape index (κ2) is 10.9. The largest absolute Gasteiger partial charge is 2.00 e. The molecule has 0 saturated heterocycles. The fourth-order valence-electron chi connectivity index (χ4n) is 3.86. The number of benzene rings is 2. The van der Waals surface area contributed by atoms with Crippen molar-refractivity contribution in [3.8, 4) is 11.1 Å². The molecule has 1 heterocycles. The first kappa shape index (κ1) is 24.8. The molecular formula is C25H26CaFNO4. The summed E-state index contributed by atoms with van der Waals surface area (Å²) in [6, 6.07) is 14.1. The van der Waals surface area contributed by atoms with Crippen LogP contribution in [0.5, 0.6) is 0 Å². The van der Waals surface area contributed by atoms with Crippen LogP contribution in [0.1, 0.15) is 45.7 Å². The summed E-state index contributed by atoms with van der Waals surface area (Å²) in [5, 5.41) is 29.9. The van der Waals surface area contributed by atoms with E-state index in [-0.39, 0.29) is 52.8 Å². The Labute approximate surface area is 218 Å². The van der Waals surface area contributed by atoms with E-state index in [4.69, 9.17) is 10.1 Å². The topological polar surface area (TPSA) is 90.7 Å². The molecule has 5 nitrogen and oxygen atoms in total. The number of carboxylic acid groups (broad SMARTS) is 1. The van der Waals surface area contributed by atoms with Gasteiger partial charge in [0.25, 0.3) is 0 Å². The zero-order valence-corrected chi connectivity index (χ0v) is 19.8. The fourth-order valence-corrected chi connectivity index (χ4v) is 3.86. The molecule has 3 N–H and O–H groups in total. The predicted octanol–water partition coefficient (Wildman–Crippen LogP) is 4.36. The van der Waals surface area contributed by atoms with Crippen LogP contribution in [0.25, 0.3) is 28.1 Å². The zero-order valence-electron chi connectivity index (χ0n) is 19.6. The Kier molecular flexibility index (Phi) is 8.42. The minimum Gasteiger partial charge on any atom is -1.00 e. The molecule has 1 saturated carbocycles. The van der Waals surface area contributed by atoms with Gasteiger partial charge in [-0.1, -0.05) is 42.5 Å². The van der Waals surface area contributed by atoms with E-state index in [1.807, 2.05) is 24.3 Å². The van der Waals surface area contributed by atoms with Crippen LogP contribution in [0.2, 0.25) is 0 Å². The van der Waals surface area contributed by atoms with Crippen LogP contribution in [-0.4, -0.2) is 76.2 Å². The molecule has 2 atom stereocenters. The number of halogens is 1. The molecule has 0 bridgehead atoms. The quantitative estimate of drug-likeness (QED) is 0.432. The molecule has 4 rings (SSSR count). The molecule has 164 valence electrons. The standard InChI is InChI=1S/C25H24FNO4.Ca.2H/c26-17-9-7-15(8-10-17)24-20-3-1-2-4-22(20)27-25(16-5-6-16)21(24)12-11-18(28)13-19(29)14-23(30)31;;;/h1-4,7-12,16,18-19,28-29H,5-6,13-14H2,(H,30,31);;;/q;+2;2*-1/b12-11+;;;/t18-,19-;;;/m1.../s1. The summed E-state index contributed by atoms with van der Waals surface area (Å²) < 4.78 is 13.6. The number of rotatable bonds is 8. The summed E-state index contributed by atoms with van der Waals surface area (Å²) >= 11 is 0. The number of aliphatic hydroxyl groups excluding tert-OH is 2. The van der Waals surface area contributed by atoms with Gasteiger partial charge in [0.1, 0.15) is 5.82 Å². The van der Waals surface area contributed by atoms with Crippen LogP contribution in [0.4, 0.5) is 4.39 Å². The predicted molar refractivity (Wildman–Crippen MR) is 125 cm³/mol. The number of aromatic nitrogens is 1. The molecule has 7 heteroatoms. The molecule has 0 amide bonds. The summed E-state index contributed by atoms with van der Waals surface area (Å²) in [6.45, 7) is 0. The van der Waals surface area contributed by atoms with Crippen molar-refractivity contribution in [2.75, 3.05) is 0 Å². The third-order valence-corrected chi connectivity index (χ3v) is 5.47. The van der Waals surface area contributed by atoms with Gasteiger partial charge in [-0.2, -0.15) is 0 Å². The number of hydrogen-bond acceptors (Lipinski definition) is 4. The molecule has 0 spiro atoms. The molecule has 2 aromatic carbocycles. The summed E-state index contributed by atoms with van der Waals surface area (Å²) in [5.41, 5.74) is 4.43. The van der Waals surface area contributed by atoms with E-state index >= 15 is 0 Å². The van der Waals surface area contributed by atoms with Crippen LogP contribution in [-0.2, 0) is 4.79 Å². The van der Waals surface area contributed by atoms with Crippen molar-refractivity contribution >= 4 is 60.7 Å². The van der Waals surface area contributed by atoms with Crippen LogP contribution >= 0.6 is 0 Å². The second-order valence-electron chi connectivity index (χ2n) is 8.00. The van der Waals surface area contributed by atoms with Crippen LogP contribution in [0.3, 0.4) is 0 Å². The number of para-hydroxylation sites is 1. The Bertz CT molecular complexity index is 1140. The molecule has 32 heavy (non-hydrogen) atoms. The van der Waals surface area contributed by atoms with Gasteiger partial charge in [0.15, 0.2) is 0 Å². The van der Waals surface area contributed by atoms with Gasteiger partial charge < -0.3 is 18.2 Å². The molecule has 0 aliphatic heterocycles. The van der Waals surface area contributed by atoms with Gasteiger partial charge in [0.2, 0.25) is 0 Å². The number of aliphatic hydroxyl groups is 2. The van der Waals surface area contributed by atoms with E-state index in [1.54, 1.807) is 24.3 Å². The van der Waals surface area contributed by atoms with E-state index in [9.17, 15) is 19.4 Å². The maximum Gasteiger partial charge on any atom is 2.00 e. The number of carbonyl (C=O) groups is 1. The third kappa shape index (κ3) is 5.94. The number of carboxylic acids is 1. The average molecular weight is 464 g/mol. The van der Waals surface area contributed by atoms with E-state index in [2.05, 4.69) is 0 Å². The van der Waals surface area contributed by atoms with Crippen molar-refractivity contribution in [2.45, 2.75) is 43.8 Å². The molecular weight excluding hydrogens is 437 g/mol. The van der Waals surface area contributed by atoms with Crippen molar-refractivity contribution in [1.29, 1.82) is 0 Å². The Morgan fingerprint density at radius 3 is 2.50 bits per heavy atom. The average Bonchev–Trinajstić information content (AvgIpc) is 3.56. The third-order valence-electron chi connectivity index (χ3n) is 5.47. The van der Waals surface area contributed by atoms with Crippen molar-refractivity contribution in [3.63, 3.8) is 0 Å². The molecule has 1 aliphatic carbocycles. The summed E-state index contributed by atoms with van der Waals surface area (Å²) in [7, 11) is 0. The Hall–Kier alpha value is -1.83. The van der Waals surface area contributed by atoms with E-state index < -0.39 is 24.6 Å². The zero-order chi connectivity index (χ0) is 22.0. The van der Waals surface area contributed by atoms with Crippen molar-refractivity contribution in [1.82, 2.24) is 4.98 Å². The van der Waals surface area contributed by atoms with Gasteiger partial charge in [0, 0.05) is 28.9 Å². The molecule has 1 aromatic heterocycles. The van der Waals surface area contributed by atoms with Crippen LogP contribution in [0, 0.1) is 5.82 Å². The molecule has 3 aromatic rings. The van der Waals surface area contributed by atoms with Gasteiger partial charge in [-0.05, 0) is 36.6 Å². The first-order valence-electron chi connectivity index (χ1n) is 10.4. The monoisotopic (exact) mass is 463 g/mol. The molecule has 0 unspecified atom stereocenters. The first-order chi connectivity index (χ1) is 14.9. The van der Waals surface area contributed by atoms with Gasteiger partial charge >= 0.3 is 43.7 Å². The van der Waals surface area contributed by atoms with Gasteiger partial charge in [-0.3, -0.25) is 9.78 Å². The summed E-state index contributed by atoms with van der Waals surface area (Å²) in [5.74, 6) is -1.10. The molecule has 1 aliphatic rings. The van der Waals surface area contributed by atoms with Gasteiger partial charge in [0.05, 0.1) is 29.8 Å². The van der Waals surface area contributed by atoms with Crippen molar-refractivity contribution in [2.24, 2.45) is 0 Å². The van der Waals surface area contributed by atoms with Crippen molar-refractivity contribution in [3.05, 3.63) is 71.7 Å². The Balaban J connectivity index is 0.00000193. The van der Waals surface area contributed by atoms with E-state index in [0.717, 1.165) is 46.1 Å². The van der Waals surface area contributed by atoms with Crippen LogP contribution < -0.4 is 0 Å². The van der Waals surface area contributed by atoms with Crippen LogP contribution in [0.15, 0.2) is 54.6 Å². The maximum absolute atomic E-state index is 13.6. The Morgan fingerprint density at radius 1 is 1.16 bits per heavy atom. The maximum atomic E-state index is 13.6. The summed E-state index contributed by atoms with van der Waals surface area (Å²) in [6.07, 6.45) is 2.80. The minimum absolute atomic E-state index is 0. The molecule has 1 fully saturated rings. The first-order valence-corrected chi connectivity index (χ1v) is 10.4. The smallest absolute Gasteiger partial charge is 1.00 e. The van der Waals surface area contributed by atoms with E-state index in [0.29, 0.717) is 5.92 Å². The number of pyridine rings is 1. The molecule has 0 radical (unpaired) electrons. The summed E-state index contributed by atoms with van der Waals surface area (Å²) in [4.78, 5) is 15.6. The fraction of sp³-hybridized carbons (Fsp3) is 0.280. The van der Waals surface area contributed by atoms with Gasteiger partial charge in [-0.25, -0.2) is 4.39 Å². The van der Waals surface area contributed by atoms with Gasteiger partial charge in [-0.15, -0.1) is 0 Å². The number of aliphatic carboxylic acids is 1. The Morgan fingerprint density at radius 2 is 1.84 bits per heavy atom. The number of fused-ring (bicyclic) bond motifs is 1. The number of nitrogens with zero attached hydrogens (tertiary/aromatic N) is 1.